The number of fused-ring (bicyclic) bond motifs is 1. The average molecular weight is 455 g/mol. The number of aliphatic hydroxyl groups is 1. The van der Waals surface area contributed by atoms with E-state index in [1.807, 2.05) is 42.5 Å². The number of likely N-dealkylation sites (tertiary alicyclic amines) is 1. The van der Waals surface area contributed by atoms with Crippen LogP contribution in [0, 0.1) is 0 Å². The third kappa shape index (κ3) is 3.96. The van der Waals surface area contributed by atoms with Crippen molar-refractivity contribution in [3.63, 3.8) is 0 Å². The van der Waals surface area contributed by atoms with Gasteiger partial charge < -0.3 is 14.7 Å². The van der Waals surface area contributed by atoms with Gasteiger partial charge in [0.15, 0.2) is 0 Å². The second-order valence-electron chi connectivity index (χ2n) is 8.75. The number of carbonyl (C=O) groups is 2. The smallest absolute Gasteiger partial charge is 0.295 e. The molecule has 172 valence electrons. The zero-order valence-corrected chi connectivity index (χ0v) is 19.0. The predicted octanol–water partition coefficient (Wildman–Crippen LogP) is 4.59. The number of aliphatic hydroxyl groups excluding tert-OH is 1. The van der Waals surface area contributed by atoms with E-state index in [0.717, 1.165) is 36.8 Å². The van der Waals surface area contributed by atoms with Gasteiger partial charge in [0.1, 0.15) is 11.5 Å². The number of ketones is 1. The van der Waals surface area contributed by atoms with Crippen LogP contribution in [0.1, 0.15) is 46.7 Å². The number of Topliss-reactive ketones (excluding diaryl/α,β-unsaturated/α-hetero) is 1. The van der Waals surface area contributed by atoms with Crippen molar-refractivity contribution in [2.75, 3.05) is 7.11 Å². The van der Waals surface area contributed by atoms with Crippen molar-refractivity contribution in [1.82, 2.24) is 9.88 Å². The van der Waals surface area contributed by atoms with E-state index in [-0.39, 0.29) is 17.9 Å². The Bertz CT molecular complexity index is 1270. The van der Waals surface area contributed by atoms with Gasteiger partial charge in [0.25, 0.3) is 11.7 Å². The number of aromatic nitrogens is 1. The second-order valence-corrected chi connectivity index (χ2v) is 8.75. The standard InChI is InChI=1S/C28H26N2O4/c1-34-23-10-6-18(7-11-23)17-30-25(20-12-14-29-15-13-20)24(27(32)28(30)33)26(31)22-9-8-19-4-2-3-5-21(19)16-22/h6-16,25,31H,2-5,17H2,1H3/b26-24-. The first-order valence-electron chi connectivity index (χ1n) is 11.5. The van der Waals surface area contributed by atoms with Crippen LogP contribution < -0.4 is 4.74 Å². The summed E-state index contributed by atoms with van der Waals surface area (Å²) in [6, 6.07) is 16.1. The molecule has 1 atom stereocenters. The van der Waals surface area contributed by atoms with Crippen LogP contribution in [0.3, 0.4) is 0 Å². The Balaban J connectivity index is 1.59. The quantitative estimate of drug-likeness (QED) is 0.347. The van der Waals surface area contributed by atoms with E-state index >= 15 is 0 Å². The highest BCUT2D eigenvalue weighted by molar-refractivity contribution is 6.46. The highest BCUT2D eigenvalue weighted by Gasteiger charge is 2.46. The van der Waals surface area contributed by atoms with Gasteiger partial charge in [-0.2, -0.15) is 0 Å². The Morgan fingerprint density at radius 2 is 1.71 bits per heavy atom. The van der Waals surface area contributed by atoms with Gasteiger partial charge in [0, 0.05) is 24.5 Å². The SMILES string of the molecule is COc1ccc(CN2C(=O)C(=O)/C(=C(\O)c3ccc4c(c3)CCCC4)C2c2ccncc2)cc1. The lowest BCUT2D eigenvalue weighted by Gasteiger charge is -2.25. The number of amides is 1. The molecule has 2 aliphatic rings. The number of rotatable bonds is 5. The van der Waals surface area contributed by atoms with Crippen LogP contribution >= 0.6 is 0 Å². The van der Waals surface area contributed by atoms with Crippen LogP contribution in [0.2, 0.25) is 0 Å². The molecule has 34 heavy (non-hydrogen) atoms. The molecule has 1 N–H and O–H groups in total. The number of hydrogen-bond donors (Lipinski definition) is 1. The maximum atomic E-state index is 13.2. The largest absolute Gasteiger partial charge is 0.507 e. The van der Waals surface area contributed by atoms with Crippen LogP contribution in [0.25, 0.3) is 5.76 Å². The van der Waals surface area contributed by atoms with Crippen molar-refractivity contribution < 1.29 is 19.4 Å². The molecular weight excluding hydrogens is 428 g/mol. The second kappa shape index (κ2) is 9.14. The fourth-order valence-corrected chi connectivity index (χ4v) is 4.90. The van der Waals surface area contributed by atoms with E-state index in [4.69, 9.17) is 4.74 Å². The van der Waals surface area contributed by atoms with Gasteiger partial charge in [0.2, 0.25) is 0 Å². The minimum atomic E-state index is -0.707. The lowest BCUT2D eigenvalue weighted by Crippen LogP contribution is -2.29. The van der Waals surface area contributed by atoms with E-state index in [1.54, 1.807) is 31.6 Å². The summed E-state index contributed by atoms with van der Waals surface area (Å²) in [4.78, 5) is 32.0. The minimum absolute atomic E-state index is 0.112. The molecular formula is C28H26N2O4. The summed E-state index contributed by atoms with van der Waals surface area (Å²) >= 11 is 0. The first-order valence-corrected chi connectivity index (χ1v) is 11.5. The summed E-state index contributed by atoms with van der Waals surface area (Å²) in [5, 5.41) is 11.3. The Labute approximate surface area is 198 Å². The van der Waals surface area contributed by atoms with Gasteiger partial charge in [-0.25, -0.2) is 0 Å². The average Bonchev–Trinajstić information content (AvgIpc) is 3.14. The third-order valence-corrected chi connectivity index (χ3v) is 6.70. The molecule has 1 aliphatic heterocycles. The van der Waals surface area contributed by atoms with Crippen LogP contribution in [-0.2, 0) is 29.0 Å². The van der Waals surface area contributed by atoms with Crippen LogP contribution in [0.4, 0.5) is 0 Å². The van der Waals surface area contributed by atoms with E-state index in [0.29, 0.717) is 11.3 Å². The van der Waals surface area contributed by atoms with Crippen molar-refractivity contribution in [3.8, 4) is 5.75 Å². The Hall–Kier alpha value is -3.93. The van der Waals surface area contributed by atoms with Crippen LogP contribution in [0.5, 0.6) is 5.75 Å². The fraction of sp³-hybridized carbons (Fsp3) is 0.250. The van der Waals surface area contributed by atoms with Crippen molar-refractivity contribution in [3.05, 3.63) is 100 Å². The first-order chi connectivity index (χ1) is 16.6. The van der Waals surface area contributed by atoms with Gasteiger partial charge >= 0.3 is 0 Å². The first kappa shape index (κ1) is 21.9. The van der Waals surface area contributed by atoms with E-state index < -0.39 is 17.7 Å². The molecule has 5 rings (SSSR count). The predicted molar refractivity (Wildman–Crippen MR) is 128 cm³/mol. The molecule has 0 spiro atoms. The lowest BCUT2D eigenvalue weighted by molar-refractivity contribution is -0.140. The molecule has 6 nitrogen and oxygen atoms in total. The summed E-state index contributed by atoms with van der Waals surface area (Å²) in [6.07, 6.45) is 7.51. The third-order valence-electron chi connectivity index (χ3n) is 6.70. The molecule has 1 fully saturated rings. The Kier molecular flexibility index (Phi) is 5.88. The zero-order chi connectivity index (χ0) is 23.7. The highest BCUT2D eigenvalue weighted by atomic mass is 16.5. The number of benzene rings is 2. The molecule has 1 aromatic heterocycles. The molecule has 2 aromatic carbocycles. The lowest BCUT2D eigenvalue weighted by atomic mass is 9.89. The number of methoxy groups -OCH3 is 1. The van der Waals surface area contributed by atoms with Gasteiger partial charge in [-0.05, 0) is 78.3 Å². The van der Waals surface area contributed by atoms with Crippen LogP contribution in [-0.4, -0.2) is 33.8 Å². The van der Waals surface area contributed by atoms with Crippen molar-refractivity contribution in [2.24, 2.45) is 0 Å². The molecule has 6 heteroatoms. The normalized spacial score (nSPS) is 19.2. The summed E-state index contributed by atoms with van der Waals surface area (Å²) < 4.78 is 5.22. The number of carbonyl (C=O) groups excluding carboxylic acids is 2. The molecule has 1 aliphatic carbocycles. The fourth-order valence-electron chi connectivity index (χ4n) is 4.90. The Morgan fingerprint density at radius 3 is 2.41 bits per heavy atom. The number of pyridine rings is 1. The summed E-state index contributed by atoms with van der Waals surface area (Å²) in [7, 11) is 1.59. The van der Waals surface area contributed by atoms with E-state index in [1.165, 1.54) is 16.0 Å². The molecule has 0 saturated carbocycles. The van der Waals surface area contributed by atoms with Gasteiger partial charge in [0.05, 0.1) is 18.7 Å². The van der Waals surface area contributed by atoms with E-state index in [9.17, 15) is 14.7 Å². The molecule has 1 unspecified atom stereocenters. The van der Waals surface area contributed by atoms with Gasteiger partial charge in [-0.15, -0.1) is 0 Å². The van der Waals surface area contributed by atoms with Gasteiger partial charge in [-0.1, -0.05) is 24.3 Å². The summed E-state index contributed by atoms with van der Waals surface area (Å²) in [5.74, 6) is -0.725. The monoisotopic (exact) mass is 454 g/mol. The number of nitrogens with zero attached hydrogens (tertiary/aromatic N) is 2. The maximum Gasteiger partial charge on any atom is 0.295 e. The summed E-state index contributed by atoms with van der Waals surface area (Å²) in [5.41, 5.74) is 4.75. The summed E-state index contributed by atoms with van der Waals surface area (Å²) in [6.45, 7) is 0.225. The topological polar surface area (TPSA) is 79.7 Å². The molecule has 0 radical (unpaired) electrons. The molecule has 0 bridgehead atoms. The van der Waals surface area contributed by atoms with Crippen LogP contribution in [0.15, 0.2) is 72.6 Å². The minimum Gasteiger partial charge on any atom is -0.507 e. The maximum absolute atomic E-state index is 13.2. The van der Waals surface area contributed by atoms with Crippen molar-refractivity contribution in [2.45, 2.75) is 38.3 Å². The molecule has 2 heterocycles. The highest BCUT2D eigenvalue weighted by Crippen LogP contribution is 2.40. The van der Waals surface area contributed by atoms with Gasteiger partial charge in [-0.3, -0.25) is 14.6 Å². The zero-order valence-electron chi connectivity index (χ0n) is 19.0. The van der Waals surface area contributed by atoms with Crippen molar-refractivity contribution in [1.29, 1.82) is 0 Å². The number of ether oxygens (including phenoxy) is 1. The number of hydrogen-bond acceptors (Lipinski definition) is 5. The molecule has 1 amide bonds. The Morgan fingerprint density at radius 1 is 1.00 bits per heavy atom. The number of aryl methyl sites for hydroxylation is 2. The molecule has 1 saturated heterocycles. The molecule has 3 aromatic rings. The van der Waals surface area contributed by atoms with E-state index in [2.05, 4.69) is 4.98 Å². The van der Waals surface area contributed by atoms with Crippen molar-refractivity contribution >= 4 is 17.4 Å².